The average molecular weight is 293 g/mol. The Morgan fingerprint density at radius 1 is 1.37 bits per heavy atom. The molecule has 0 heterocycles. The van der Waals surface area contributed by atoms with Gasteiger partial charge in [0.1, 0.15) is 0 Å². The lowest BCUT2D eigenvalue weighted by Gasteiger charge is -2.58. The molecule has 0 aromatic heterocycles. The monoisotopic (exact) mass is 292 g/mol. The summed E-state index contributed by atoms with van der Waals surface area (Å²) >= 11 is 0. The van der Waals surface area contributed by atoms with Crippen molar-refractivity contribution in [3.8, 4) is 0 Å². The van der Waals surface area contributed by atoms with Gasteiger partial charge < -0.3 is 15.4 Å². The minimum Gasteiger partial charge on any atom is -0.378 e. The topological polar surface area (TPSA) is 55.6 Å². The summed E-state index contributed by atoms with van der Waals surface area (Å²) in [6.45, 7) is 7.61. The molecule has 0 radical (unpaired) electrons. The standard InChI is InChI=1S/C14H28N2O2.ClH/c1-5-14(6-2)11(10-12(14)18-7-3)16(4)13(17)8-9-15;/h11-12H,5-10,15H2,1-4H3;1H. The lowest BCUT2D eigenvalue weighted by Crippen LogP contribution is -2.64. The van der Waals surface area contributed by atoms with Gasteiger partial charge in [-0.25, -0.2) is 0 Å². The number of nitrogens with two attached hydrogens (primary N) is 1. The molecule has 1 fully saturated rings. The Morgan fingerprint density at radius 3 is 2.37 bits per heavy atom. The fraction of sp³-hybridized carbons (Fsp3) is 0.929. The Hall–Kier alpha value is -0.320. The van der Waals surface area contributed by atoms with Crippen molar-refractivity contribution >= 4 is 18.3 Å². The first-order valence-corrected chi connectivity index (χ1v) is 7.14. The zero-order valence-electron chi connectivity index (χ0n) is 12.6. The van der Waals surface area contributed by atoms with Crippen molar-refractivity contribution < 1.29 is 9.53 Å². The molecular weight excluding hydrogens is 264 g/mol. The predicted octanol–water partition coefficient (Wildman–Crippen LogP) is 2.20. The summed E-state index contributed by atoms with van der Waals surface area (Å²) in [5, 5.41) is 0. The number of hydrogen-bond donors (Lipinski definition) is 1. The molecule has 19 heavy (non-hydrogen) atoms. The zero-order valence-corrected chi connectivity index (χ0v) is 13.5. The molecule has 0 aliphatic heterocycles. The van der Waals surface area contributed by atoms with Crippen LogP contribution in [0.5, 0.6) is 0 Å². The van der Waals surface area contributed by atoms with Gasteiger partial charge in [0.05, 0.1) is 6.10 Å². The van der Waals surface area contributed by atoms with Gasteiger partial charge in [-0.1, -0.05) is 13.8 Å². The lowest BCUT2D eigenvalue weighted by molar-refractivity contribution is -0.176. The van der Waals surface area contributed by atoms with Crippen LogP contribution in [-0.2, 0) is 9.53 Å². The molecule has 114 valence electrons. The van der Waals surface area contributed by atoms with Crippen molar-refractivity contribution in [3.63, 3.8) is 0 Å². The van der Waals surface area contributed by atoms with E-state index in [2.05, 4.69) is 13.8 Å². The molecule has 4 nitrogen and oxygen atoms in total. The van der Waals surface area contributed by atoms with Crippen molar-refractivity contribution in [3.05, 3.63) is 0 Å². The number of halogens is 1. The van der Waals surface area contributed by atoms with E-state index in [9.17, 15) is 4.79 Å². The molecule has 1 aliphatic rings. The molecule has 0 aromatic rings. The first kappa shape index (κ1) is 18.7. The average Bonchev–Trinajstić information content (AvgIpc) is 2.35. The maximum atomic E-state index is 12.0. The molecule has 1 rings (SSSR count). The Kier molecular flexibility index (Phi) is 7.94. The van der Waals surface area contributed by atoms with E-state index in [1.165, 1.54) is 0 Å². The second-order valence-electron chi connectivity index (χ2n) is 5.18. The Labute approximate surface area is 123 Å². The maximum absolute atomic E-state index is 12.0. The number of rotatable bonds is 7. The molecule has 2 N–H and O–H groups in total. The highest BCUT2D eigenvalue weighted by Gasteiger charge is 2.55. The fourth-order valence-corrected chi connectivity index (χ4v) is 3.36. The van der Waals surface area contributed by atoms with Crippen molar-refractivity contribution in [1.82, 2.24) is 4.90 Å². The molecular formula is C14H29ClN2O2. The molecule has 2 atom stereocenters. The normalized spacial score (nSPS) is 24.3. The van der Waals surface area contributed by atoms with Crippen LogP contribution in [0.4, 0.5) is 0 Å². The molecule has 1 aliphatic carbocycles. The molecule has 1 amide bonds. The van der Waals surface area contributed by atoms with Gasteiger partial charge in [-0.15, -0.1) is 12.4 Å². The fourth-order valence-electron chi connectivity index (χ4n) is 3.36. The highest BCUT2D eigenvalue weighted by Crippen LogP contribution is 2.51. The molecule has 0 saturated heterocycles. The highest BCUT2D eigenvalue weighted by molar-refractivity contribution is 5.85. The Balaban J connectivity index is 0.00000324. The largest absolute Gasteiger partial charge is 0.378 e. The van der Waals surface area contributed by atoms with E-state index in [0.29, 0.717) is 25.1 Å². The van der Waals surface area contributed by atoms with Crippen LogP contribution in [0, 0.1) is 5.41 Å². The van der Waals surface area contributed by atoms with Crippen LogP contribution in [0.15, 0.2) is 0 Å². The van der Waals surface area contributed by atoms with E-state index >= 15 is 0 Å². The molecule has 0 aromatic carbocycles. The minimum absolute atomic E-state index is 0. The number of nitrogens with zero attached hydrogens (tertiary/aromatic N) is 1. The van der Waals surface area contributed by atoms with Crippen molar-refractivity contribution in [2.24, 2.45) is 11.1 Å². The van der Waals surface area contributed by atoms with Crippen LogP contribution < -0.4 is 5.73 Å². The van der Waals surface area contributed by atoms with Crippen LogP contribution in [-0.4, -0.2) is 43.2 Å². The molecule has 1 saturated carbocycles. The van der Waals surface area contributed by atoms with E-state index in [1.807, 2.05) is 18.9 Å². The number of carbonyl (C=O) groups excluding carboxylic acids is 1. The molecule has 0 spiro atoms. The number of carbonyl (C=O) groups is 1. The molecule has 5 heteroatoms. The van der Waals surface area contributed by atoms with E-state index in [4.69, 9.17) is 10.5 Å². The SMILES string of the molecule is CCOC1CC(N(C)C(=O)CCN)C1(CC)CC.Cl. The van der Waals surface area contributed by atoms with Gasteiger partial charge in [0, 0.05) is 38.1 Å². The molecule has 2 unspecified atom stereocenters. The van der Waals surface area contributed by atoms with E-state index in [-0.39, 0.29) is 23.7 Å². The summed E-state index contributed by atoms with van der Waals surface area (Å²) in [5.74, 6) is 0.156. The van der Waals surface area contributed by atoms with Crippen molar-refractivity contribution in [1.29, 1.82) is 0 Å². The Morgan fingerprint density at radius 2 is 1.95 bits per heavy atom. The summed E-state index contributed by atoms with van der Waals surface area (Å²) in [7, 11) is 1.91. The van der Waals surface area contributed by atoms with Gasteiger partial charge in [-0.3, -0.25) is 4.79 Å². The first-order valence-electron chi connectivity index (χ1n) is 7.14. The van der Waals surface area contributed by atoms with Crippen molar-refractivity contribution in [2.75, 3.05) is 20.2 Å². The van der Waals surface area contributed by atoms with Crippen LogP contribution in [0.2, 0.25) is 0 Å². The van der Waals surface area contributed by atoms with Crippen LogP contribution in [0.1, 0.15) is 46.5 Å². The van der Waals surface area contributed by atoms with Gasteiger partial charge in [0.2, 0.25) is 5.91 Å². The summed E-state index contributed by atoms with van der Waals surface area (Å²) in [6.07, 6.45) is 3.81. The zero-order chi connectivity index (χ0) is 13.8. The van der Waals surface area contributed by atoms with Crippen LogP contribution in [0.3, 0.4) is 0 Å². The second kappa shape index (κ2) is 8.08. The smallest absolute Gasteiger partial charge is 0.223 e. The third kappa shape index (κ3) is 3.41. The predicted molar refractivity (Wildman–Crippen MR) is 80.5 cm³/mol. The highest BCUT2D eigenvalue weighted by atomic mass is 35.5. The van der Waals surface area contributed by atoms with Gasteiger partial charge >= 0.3 is 0 Å². The first-order chi connectivity index (χ1) is 8.57. The Bertz CT molecular complexity index is 283. The van der Waals surface area contributed by atoms with Crippen LogP contribution in [0.25, 0.3) is 0 Å². The van der Waals surface area contributed by atoms with Gasteiger partial charge in [-0.2, -0.15) is 0 Å². The maximum Gasteiger partial charge on any atom is 0.223 e. The summed E-state index contributed by atoms with van der Waals surface area (Å²) < 4.78 is 5.83. The minimum atomic E-state index is 0. The quantitative estimate of drug-likeness (QED) is 0.783. The van der Waals surface area contributed by atoms with E-state index in [0.717, 1.165) is 25.9 Å². The third-order valence-corrected chi connectivity index (χ3v) is 4.65. The lowest BCUT2D eigenvalue weighted by atomic mass is 9.58. The molecule has 0 bridgehead atoms. The summed E-state index contributed by atoms with van der Waals surface area (Å²) in [6, 6.07) is 0.308. The van der Waals surface area contributed by atoms with Crippen molar-refractivity contribution in [2.45, 2.75) is 58.6 Å². The van der Waals surface area contributed by atoms with Gasteiger partial charge in [-0.05, 0) is 26.2 Å². The number of hydrogen-bond acceptors (Lipinski definition) is 3. The third-order valence-electron chi connectivity index (χ3n) is 4.65. The second-order valence-corrected chi connectivity index (χ2v) is 5.18. The van der Waals surface area contributed by atoms with E-state index < -0.39 is 0 Å². The summed E-state index contributed by atoms with van der Waals surface area (Å²) in [4.78, 5) is 13.9. The van der Waals surface area contributed by atoms with Gasteiger partial charge in [0.15, 0.2) is 0 Å². The number of amides is 1. The number of ether oxygens (including phenoxy) is 1. The van der Waals surface area contributed by atoms with Crippen LogP contribution >= 0.6 is 12.4 Å². The van der Waals surface area contributed by atoms with Gasteiger partial charge in [0.25, 0.3) is 0 Å². The summed E-state index contributed by atoms with van der Waals surface area (Å²) in [5.41, 5.74) is 5.60. The van der Waals surface area contributed by atoms with E-state index in [1.54, 1.807) is 0 Å².